The molecule has 0 fully saturated rings. The molecule has 0 unspecified atom stereocenters. The quantitative estimate of drug-likeness (QED) is 0.501. The van der Waals surface area contributed by atoms with Gasteiger partial charge < -0.3 is 14.5 Å². The summed E-state index contributed by atoms with van der Waals surface area (Å²) >= 11 is 2.82. The highest BCUT2D eigenvalue weighted by Crippen LogP contribution is 2.36. The molecule has 0 radical (unpaired) electrons. The number of benzene rings is 1. The molecule has 2 aromatic heterocycles. The molecular formula is C21H21NO4S2. The number of hydrogen-bond donors (Lipinski definition) is 1. The zero-order valence-corrected chi connectivity index (χ0v) is 17.3. The van der Waals surface area contributed by atoms with Crippen molar-refractivity contribution in [2.24, 2.45) is 0 Å². The lowest BCUT2D eigenvalue weighted by Gasteiger charge is -2.08. The minimum absolute atomic E-state index is 0.156. The van der Waals surface area contributed by atoms with Crippen LogP contribution in [0.2, 0.25) is 0 Å². The monoisotopic (exact) mass is 415 g/mol. The highest BCUT2D eigenvalue weighted by atomic mass is 32.2. The van der Waals surface area contributed by atoms with Crippen molar-refractivity contribution in [2.45, 2.75) is 19.6 Å². The van der Waals surface area contributed by atoms with E-state index in [1.165, 1.54) is 34.2 Å². The first-order valence-corrected chi connectivity index (χ1v) is 10.9. The first-order chi connectivity index (χ1) is 13.6. The van der Waals surface area contributed by atoms with Crippen LogP contribution in [0.1, 0.15) is 28.4 Å². The number of furan rings is 1. The molecule has 1 aromatic carbocycles. The minimum Gasteiger partial charge on any atom is -0.464 e. The second kappa shape index (κ2) is 9.61. The lowest BCUT2D eigenvalue weighted by molar-refractivity contribution is -0.113. The number of aryl methyl sites for hydroxylation is 1. The number of thioether (sulfide) groups is 1. The summed E-state index contributed by atoms with van der Waals surface area (Å²) in [6.45, 7) is 4.06. The number of amides is 1. The van der Waals surface area contributed by atoms with E-state index in [1.807, 2.05) is 12.1 Å². The lowest BCUT2D eigenvalue weighted by atomic mass is 10.1. The lowest BCUT2D eigenvalue weighted by Crippen LogP contribution is -2.16. The maximum absolute atomic E-state index is 12.4. The van der Waals surface area contributed by atoms with Crippen molar-refractivity contribution in [1.29, 1.82) is 0 Å². The van der Waals surface area contributed by atoms with Gasteiger partial charge in [-0.25, -0.2) is 4.79 Å². The number of carbonyl (C=O) groups is 2. The van der Waals surface area contributed by atoms with Crippen molar-refractivity contribution in [2.75, 3.05) is 17.7 Å². The number of rotatable bonds is 8. The van der Waals surface area contributed by atoms with E-state index in [-0.39, 0.29) is 12.5 Å². The van der Waals surface area contributed by atoms with Gasteiger partial charge in [-0.1, -0.05) is 24.3 Å². The van der Waals surface area contributed by atoms with Crippen LogP contribution >= 0.6 is 23.1 Å². The number of esters is 1. The highest BCUT2D eigenvalue weighted by Gasteiger charge is 2.24. The summed E-state index contributed by atoms with van der Waals surface area (Å²) in [5, 5.41) is 5.12. The normalized spacial score (nSPS) is 10.6. The van der Waals surface area contributed by atoms with Gasteiger partial charge in [0, 0.05) is 16.7 Å². The molecule has 0 aliphatic heterocycles. The van der Waals surface area contributed by atoms with Crippen LogP contribution in [-0.2, 0) is 15.3 Å². The van der Waals surface area contributed by atoms with Crippen LogP contribution < -0.4 is 5.32 Å². The average molecular weight is 416 g/mol. The molecule has 0 spiro atoms. The van der Waals surface area contributed by atoms with Crippen molar-refractivity contribution in [3.63, 3.8) is 0 Å². The summed E-state index contributed by atoms with van der Waals surface area (Å²) in [6.07, 6.45) is 1.54. The van der Waals surface area contributed by atoms with Crippen LogP contribution in [0.25, 0.3) is 11.3 Å². The fourth-order valence-electron chi connectivity index (χ4n) is 2.66. The first kappa shape index (κ1) is 20.2. The Balaban J connectivity index is 1.68. The van der Waals surface area contributed by atoms with Gasteiger partial charge in [-0.3, -0.25) is 4.79 Å². The molecule has 0 atom stereocenters. The Morgan fingerprint density at radius 2 is 2.04 bits per heavy atom. The van der Waals surface area contributed by atoms with E-state index in [1.54, 1.807) is 30.7 Å². The molecular weight excluding hydrogens is 394 g/mol. The highest BCUT2D eigenvalue weighted by molar-refractivity contribution is 7.99. The van der Waals surface area contributed by atoms with Crippen LogP contribution in [0.15, 0.2) is 52.5 Å². The Morgan fingerprint density at radius 3 is 2.75 bits per heavy atom. The third-order valence-corrected chi connectivity index (χ3v) is 5.94. The zero-order valence-electron chi connectivity index (χ0n) is 15.7. The van der Waals surface area contributed by atoms with Crippen molar-refractivity contribution < 1.29 is 18.7 Å². The molecule has 28 heavy (non-hydrogen) atoms. The van der Waals surface area contributed by atoms with Gasteiger partial charge in [0.15, 0.2) is 0 Å². The predicted octanol–water partition coefficient (Wildman–Crippen LogP) is 5.37. The molecule has 0 aliphatic carbocycles. The maximum atomic E-state index is 12.4. The van der Waals surface area contributed by atoms with Gasteiger partial charge in [0.05, 0.1) is 18.6 Å². The number of carbonyl (C=O) groups excluding carboxylic acids is 2. The fraction of sp³-hybridized carbons (Fsp3) is 0.238. The van der Waals surface area contributed by atoms with Crippen LogP contribution in [0.3, 0.4) is 0 Å². The summed E-state index contributed by atoms with van der Waals surface area (Å²) in [4.78, 5) is 24.9. The molecule has 0 saturated heterocycles. The molecule has 1 amide bonds. The Bertz CT molecular complexity index is 947. The molecule has 3 aromatic rings. The van der Waals surface area contributed by atoms with Crippen molar-refractivity contribution in [3.8, 4) is 11.3 Å². The smallest absolute Gasteiger partial charge is 0.341 e. The SMILES string of the molecule is CCOC(=O)c1c(-c2ccco2)csc1NC(=O)CSCc1ccccc1C. The number of hydrogen-bond acceptors (Lipinski definition) is 6. The van der Waals surface area contributed by atoms with Gasteiger partial charge in [-0.05, 0) is 37.1 Å². The maximum Gasteiger partial charge on any atom is 0.341 e. The van der Waals surface area contributed by atoms with Crippen molar-refractivity contribution in [1.82, 2.24) is 0 Å². The van der Waals surface area contributed by atoms with Crippen LogP contribution in [0, 0.1) is 6.92 Å². The third-order valence-electron chi connectivity index (χ3n) is 4.06. The van der Waals surface area contributed by atoms with E-state index < -0.39 is 5.97 Å². The average Bonchev–Trinajstić information content (AvgIpc) is 3.33. The third kappa shape index (κ3) is 4.85. The largest absolute Gasteiger partial charge is 0.464 e. The predicted molar refractivity (Wildman–Crippen MR) is 114 cm³/mol. The van der Waals surface area contributed by atoms with Crippen molar-refractivity contribution >= 4 is 40.0 Å². The van der Waals surface area contributed by atoms with Crippen LogP contribution in [-0.4, -0.2) is 24.2 Å². The summed E-state index contributed by atoms with van der Waals surface area (Å²) in [5.41, 5.74) is 3.38. The van der Waals surface area contributed by atoms with Gasteiger partial charge >= 0.3 is 5.97 Å². The molecule has 0 aliphatic rings. The Labute approximate surface area is 172 Å². The molecule has 146 valence electrons. The van der Waals surface area contributed by atoms with E-state index in [0.717, 1.165) is 5.75 Å². The Morgan fingerprint density at radius 1 is 1.21 bits per heavy atom. The van der Waals surface area contributed by atoms with Gasteiger partial charge in [0.25, 0.3) is 0 Å². The summed E-state index contributed by atoms with van der Waals surface area (Å²) in [6, 6.07) is 11.6. The van der Waals surface area contributed by atoms with Crippen molar-refractivity contribution in [3.05, 3.63) is 64.7 Å². The topological polar surface area (TPSA) is 68.5 Å². The number of nitrogens with one attached hydrogen (secondary N) is 1. The Kier molecular flexibility index (Phi) is 6.95. The van der Waals surface area contributed by atoms with Crippen LogP contribution in [0.5, 0.6) is 0 Å². The van der Waals surface area contributed by atoms with E-state index in [0.29, 0.717) is 27.6 Å². The Hall–Kier alpha value is -2.51. The molecule has 1 N–H and O–H groups in total. The van der Waals surface area contributed by atoms with Gasteiger partial charge in [0.1, 0.15) is 16.3 Å². The van der Waals surface area contributed by atoms with E-state index in [4.69, 9.17) is 9.15 Å². The van der Waals surface area contributed by atoms with Gasteiger partial charge in [0.2, 0.25) is 5.91 Å². The van der Waals surface area contributed by atoms with Gasteiger partial charge in [-0.2, -0.15) is 0 Å². The van der Waals surface area contributed by atoms with E-state index in [2.05, 4.69) is 24.4 Å². The minimum atomic E-state index is -0.474. The second-order valence-electron chi connectivity index (χ2n) is 6.02. The summed E-state index contributed by atoms with van der Waals surface area (Å²) < 4.78 is 10.6. The van der Waals surface area contributed by atoms with E-state index >= 15 is 0 Å². The van der Waals surface area contributed by atoms with Gasteiger partial charge in [-0.15, -0.1) is 23.1 Å². The zero-order chi connectivity index (χ0) is 19.9. The number of ether oxygens (including phenoxy) is 1. The molecule has 3 rings (SSSR count). The summed E-state index contributed by atoms with van der Waals surface area (Å²) in [7, 11) is 0. The van der Waals surface area contributed by atoms with E-state index in [9.17, 15) is 9.59 Å². The second-order valence-corrected chi connectivity index (χ2v) is 7.88. The fourth-order valence-corrected chi connectivity index (χ4v) is 4.51. The number of anilines is 1. The standard InChI is InChI=1S/C21H21NO4S2/c1-3-25-21(24)19-16(17-9-6-10-26-17)12-28-20(19)22-18(23)13-27-11-15-8-5-4-7-14(15)2/h4-10,12H,3,11,13H2,1-2H3,(H,22,23). The molecule has 0 saturated carbocycles. The molecule has 7 heteroatoms. The summed E-state index contributed by atoms with van der Waals surface area (Å²) in [5.74, 6) is 0.987. The first-order valence-electron chi connectivity index (χ1n) is 8.84. The molecule has 0 bridgehead atoms. The molecule has 5 nitrogen and oxygen atoms in total. The number of thiophene rings is 1. The van der Waals surface area contributed by atoms with Crippen LogP contribution in [0.4, 0.5) is 5.00 Å². The molecule has 2 heterocycles.